The molecule has 1 amide bonds. The summed E-state index contributed by atoms with van der Waals surface area (Å²) in [7, 11) is 7.99. The normalized spacial score (nSPS) is 11.6. The van der Waals surface area contributed by atoms with E-state index in [1.807, 2.05) is 114 Å². The van der Waals surface area contributed by atoms with Crippen LogP contribution in [0.15, 0.2) is 48.8 Å². The largest absolute Gasteiger partial charge is 0.373 e. The van der Waals surface area contributed by atoms with E-state index in [2.05, 4.69) is 31.4 Å². The van der Waals surface area contributed by atoms with Crippen molar-refractivity contribution < 1.29 is 4.79 Å². The van der Waals surface area contributed by atoms with Crippen molar-refractivity contribution in [3.05, 3.63) is 71.2 Å². The summed E-state index contributed by atoms with van der Waals surface area (Å²) in [6.45, 7) is 9.48. The van der Waals surface area contributed by atoms with Crippen LogP contribution in [0.4, 0.5) is 11.4 Å². The van der Waals surface area contributed by atoms with Gasteiger partial charge in [-0.05, 0) is 83.2 Å². The van der Waals surface area contributed by atoms with Crippen molar-refractivity contribution in [3.8, 4) is 23.0 Å². The molecule has 0 saturated carbocycles. The maximum absolute atomic E-state index is 13.5. The van der Waals surface area contributed by atoms with E-state index in [0.717, 1.165) is 52.5 Å². The van der Waals surface area contributed by atoms with Gasteiger partial charge in [0.2, 0.25) is 0 Å². The number of nitriles is 1. The van der Waals surface area contributed by atoms with Gasteiger partial charge in [0.1, 0.15) is 0 Å². The van der Waals surface area contributed by atoms with E-state index in [9.17, 15) is 10.1 Å². The second kappa shape index (κ2) is 10.8. The van der Waals surface area contributed by atoms with Gasteiger partial charge in [-0.2, -0.15) is 10.4 Å². The fourth-order valence-corrected chi connectivity index (χ4v) is 4.29. The second-order valence-corrected chi connectivity index (χ2v) is 11.0. The molecule has 0 aliphatic rings. The quantitative estimate of drug-likeness (QED) is 0.324. The molecular weight excluding hydrogens is 488 g/mol. The van der Waals surface area contributed by atoms with Crippen molar-refractivity contribution >= 4 is 17.3 Å². The molecule has 4 aromatic rings. The number of nitrogens with zero attached hydrogens (tertiary/aromatic N) is 6. The van der Waals surface area contributed by atoms with E-state index in [-0.39, 0.29) is 5.91 Å². The van der Waals surface area contributed by atoms with E-state index in [1.165, 1.54) is 0 Å². The number of carbonyl (C=O) groups is 1. The van der Waals surface area contributed by atoms with E-state index < -0.39 is 5.41 Å². The van der Waals surface area contributed by atoms with Crippen LogP contribution in [0.25, 0.3) is 16.9 Å². The Kier molecular flexibility index (Phi) is 7.70. The number of amides is 1. The summed E-state index contributed by atoms with van der Waals surface area (Å²) in [6.07, 6.45) is 3.88. The van der Waals surface area contributed by atoms with Gasteiger partial charge >= 0.3 is 0 Å². The van der Waals surface area contributed by atoms with Crippen LogP contribution in [0.3, 0.4) is 0 Å². The first-order chi connectivity index (χ1) is 18.4. The van der Waals surface area contributed by atoms with Gasteiger partial charge in [0.25, 0.3) is 5.91 Å². The van der Waals surface area contributed by atoms with Crippen LogP contribution < -0.4 is 10.2 Å². The van der Waals surface area contributed by atoms with Crippen LogP contribution in [0.2, 0.25) is 0 Å². The highest BCUT2D eigenvalue weighted by atomic mass is 16.1. The molecule has 0 bridgehead atoms. The standard InChI is InChI=1S/C30H38N8O/c1-20-9-10-24(16-28(20)38-18-27(34-38)26-17-32-37(8)21(26)2)33-29(39)22-13-23(30(3,4)19-31)15-25(14-22)36(7)12-11-35(5)6/h9-10,13-18,34H,11-12H2,1-8H3,(H,33,39). The average molecular weight is 527 g/mol. The summed E-state index contributed by atoms with van der Waals surface area (Å²) >= 11 is 0. The molecule has 0 atom stereocenters. The molecule has 204 valence electrons. The van der Waals surface area contributed by atoms with Crippen LogP contribution in [0.1, 0.15) is 41.0 Å². The summed E-state index contributed by atoms with van der Waals surface area (Å²) < 4.78 is 3.79. The maximum atomic E-state index is 13.5. The highest BCUT2D eigenvalue weighted by Crippen LogP contribution is 2.30. The lowest BCUT2D eigenvalue weighted by Crippen LogP contribution is -2.29. The summed E-state index contributed by atoms with van der Waals surface area (Å²) in [5.74, 6) is -0.221. The summed E-state index contributed by atoms with van der Waals surface area (Å²) in [6, 6.07) is 13.9. The van der Waals surface area contributed by atoms with E-state index in [4.69, 9.17) is 0 Å². The van der Waals surface area contributed by atoms with Crippen LogP contribution >= 0.6 is 0 Å². The Bertz CT molecular complexity index is 1520. The SMILES string of the molecule is Cc1ccc(NC(=O)c2cc(N(C)CCN(C)C)cc(C(C)(C)C#N)c2)cc1-n1cc(-c2cnn(C)c2C)[nH]1. The number of aryl methyl sites for hydroxylation is 2. The third-order valence-electron chi connectivity index (χ3n) is 7.26. The predicted octanol–water partition coefficient (Wildman–Crippen LogP) is 4.87. The van der Waals surface area contributed by atoms with Crippen molar-refractivity contribution in [1.82, 2.24) is 24.5 Å². The third-order valence-corrected chi connectivity index (χ3v) is 7.26. The number of aromatic amines is 1. The Labute approximate surface area is 230 Å². The van der Waals surface area contributed by atoms with Crippen LogP contribution in [-0.2, 0) is 12.5 Å². The van der Waals surface area contributed by atoms with Gasteiger partial charge in [-0.3, -0.25) is 19.3 Å². The number of aromatic nitrogens is 4. The van der Waals surface area contributed by atoms with Crippen molar-refractivity contribution in [2.24, 2.45) is 7.05 Å². The van der Waals surface area contributed by atoms with Crippen LogP contribution in [0, 0.1) is 25.2 Å². The highest BCUT2D eigenvalue weighted by molar-refractivity contribution is 6.05. The number of hydrogen-bond donors (Lipinski definition) is 2. The lowest BCUT2D eigenvalue weighted by Gasteiger charge is -2.25. The van der Waals surface area contributed by atoms with E-state index in [0.29, 0.717) is 11.3 Å². The number of hydrogen-bond acceptors (Lipinski definition) is 5. The highest BCUT2D eigenvalue weighted by Gasteiger charge is 2.23. The molecule has 9 nitrogen and oxygen atoms in total. The lowest BCUT2D eigenvalue weighted by atomic mass is 9.85. The summed E-state index contributed by atoms with van der Waals surface area (Å²) in [5, 5.41) is 20.5. The van der Waals surface area contributed by atoms with E-state index in [1.54, 1.807) is 0 Å². The fraction of sp³-hybridized carbons (Fsp3) is 0.367. The Balaban J connectivity index is 1.60. The molecular formula is C30H38N8O. The number of H-pyrrole nitrogens is 1. The Morgan fingerprint density at radius 3 is 2.46 bits per heavy atom. The van der Waals surface area contributed by atoms with Crippen LogP contribution in [0.5, 0.6) is 0 Å². The molecule has 0 spiro atoms. The van der Waals surface area contributed by atoms with Crippen molar-refractivity contribution in [1.29, 1.82) is 5.26 Å². The molecule has 0 saturated heterocycles. The minimum atomic E-state index is -0.732. The molecule has 2 aromatic carbocycles. The zero-order chi connectivity index (χ0) is 28.5. The van der Waals surface area contributed by atoms with Crippen LogP contribution in [-0.4, -0.2) is 64.6 Å². The Hall–Kier alpha value is -4.29. The first kappa shape index (κ1) is 27.7. The predicted molar refractivity (Wildman–Crippen MR) is 157 cm³/mol. The molecule has 9 heteroatoms. The average Bonchev–Trinajstić information content (AvgIpc) is 3.20. The van der Waals surface area contributed by atoms with Crippen molar-refractivity contribution in [2.45, 2.75) is 33.1 Å². The molecule has 2 N–H and O–H groups in total. The second-order valence-electron chi connectivity index (χ2n) is 11.0. The molecule has 0 aliphatic carbocycles. The number of nitrogens with one attached hydrogen (secondary N) is 2. The van der Waals surface area contributed by atoms with Gasteiger partial charge in [0, 0.05) is 55.4 Å². The zero-order valence-electron chi connectivity index (χ0n) is 24.1. The Morgan fingerprint density at radius 2 is 1.85 bits per heavy atom. The van der Waals surface area contributed by atoms with Gasteiger partial charge in [0.05, 0.1) is 35.3 Å². The molecule has 4 rings (SSSR count). The van der Waals surface area contributed by atoms with E-state index >= 15 is 0 Å². The number of likely N-dealkylation sites (N-methyl/N-ethyl adjacent to an activating group) is 2. The molecule has 39 heavy (non-hydrogen) atoms. The topological polar surface area (TPSA) is 97.9 Å². The maximum Gasteiger partial charge on any atom is 0.255 e. The molecule has 0 aliphatic heterocycles. The number of anilines is 2. The summed E-state index contributed by atoms with van der Waals surface area (Å²) in [4.78, 5) is 17.7. The minimum absolute atomic E-state index is 0.221. The van der Waals surface area contributed by atoms with Gasteiger partial charge in [0.15, 0.2) is 0 Å². The van der Waals surface area contributed by atoms with Gasteiger partial charge in [-0.15, -0.1) is 0 Å². The first-order valence-corrected chi connectivity index (χ1v) is 13.0. The minimum Gasteiger partial charge on any atom is -0.373 e. The number of rotatable bonds is 9. The van der Waals surface area contributed by atoms with Gasteiger partial charge in [-0.1, -0.05) is 6.07 Å². The number of benzene rings is 2. The molecule has 2 aromatic heterocycles. The number of carbonyl (C=O) groups excluding carboxylic acids is 1. The molecule has 0 radical (unpaired) electrons. The monoisotopic (exact) mass is 526 g/mol. The van der Waals surface area contributed by atoms with Gasteiger partial charge in [-0.25, -0.2) is 0 Å². The molecule has 0 unspecified atom stereocenters. The third kappa shape index (κ3) is 5.91. The summed E-state index contributed by atoms with van der Waals surface area (Å²) in [5.41, 5.74) is 7.34. The molecule has 2 heterocycles. The molecule has 0 fully saturated rings. The zero-order valence-corrected chi connectivity index (χ0v) is 24.1. The Morgan fingerprint density at radius 1 is 1.13 bits per heavy atom. The van der Waals surface area contributed by atoms with Gasteiger partial charge < -0.3 is 15.1 Å². The van der Waals surface area contributed by atoms with Crippen molar-refractivity contribution in [2.75, 3.05) is 44.4 Å². The first-order valence-electron chi connectivity index (χ1n) is 13.0. The lowest BCUT2D eigenvalue weighted by molar-refractivity contribution is 0.102. The fourth-order valence-electron chi connectivity index (χ4n) is 4.29. The van der Waals surface area contributed by atoms with Crippen molar-refractivity contribution in [3.63, 3.8) is 0 Å². The smallest absolute Gasteiger partial charge is 0.255 e.